The first-order valence-corrected chi connectivity index (χ1v) is 6.56. The van der Waals surface area contributed by atoms with Gasteiger partial charge in [-0.1, -0.05) is 22.0 Å². The number of pyridine rings is 1. The fraction of sp³-hybridized carbons (Fsp3) is 0.214. The molecule has 1 N–H and O–H groups in total. The van der Waals surface area contributed by atoms with Crippen molar-refractivity contribution in [3.05, 3.63) is 63.4 Å². The number of rotatable bonds is 3. The summed E-state index contributed by atoms with van der Waals surface area (Å²) in [5, 5.41) is 2.92. The van der Waals surface area contributed by atoms with Gasteiger partial charge in [0.15, 0.2) is 0 Å². The molecule has 0 radical (unpaired) electrons. The normalized spacial score (nSPS) is 12.5. The van der Waals surface area contributed by atoms with Gasteiger partial charge < -0.3 is 5.32 Å². The van der Waals surface area contributed by atoms with Crippen LogP contribution in [0, 0.1) is 18.6 Å². The standard InChI is InChI=1S/C14H13BrF2N2/c1-8-3-4-9(7-19-8)14(18-2)13-11(16)5-10(15)6-12(13)17/h3-7,14,18H,1-2H3. The zero-order chi connectivity index (χ0) is 14.0. The van der Waals surface area contributed by atoms with Crippen LogP contribution in [0.2, 0.25) is 0 Å². The van der Waals surface area contributed by atoms with Gasteiger partial charge in [-0.2, -0.15) is 0 Å². The second-order valence-electron chi connectivity index (χ2n) is 4.24. The van der Waals surface area contributed by atoms with Gasteiger partial charge in [0.2, 0.25) is 0 Å². The highest BCUT2D eigenvalue weighted by atomic mass is 79.9. The third-order valence-electron chi connectivity index (χ3n) is 2.89. The molecule has 1 heterocycles. The molecular formula is C14H13BrF2N2. The summed E-state index contributed by atoms with van der Waals surface area (Å²) in [6.07, 6.45) is 1.62. The van der Waals surface area contributed by atoms with Crippen molar-refractivity contribution in [2.75, 3.05) is 7.05 Å². The number of halogens is 3. The van der Waals surface area contributed by atoms with Gasteiger partial charge in [-0.05, 0) is 37.7 Å². The Hall–Kier alpha value is -1.33. The third kappa shape index (κ3) is 2.98. The summed E-state index contributed by atoms with van der Waals surface area (Å²) in [5.74, 6) is -1.18. The smallest absolute Gasteiger partial charge is 0.132 e. The maximum Gasteiger partial charge on any atom is 0.132 e. The van der Waals surface area contributed by atoms with Crippen LogP contribution >= 0.6 is 15.9 Å². The van der Waals surface area contributed by atoms with Crippen LogP contribution < -0.4 is 5.32 Å². The zero-order valence-corrected chi connectivity index (χ0v) is 12.1. The average molecular weight is 327 g/mol. The van der Waals surface area contributed by atoms with Crippen molar-refractivity contribution in [1.29, 1.82) is 0 Å². The van der Waals surface area contributed by atoms with Gasteiger partial charge >= 0.3 is 0 Å². The van der Waals surface area contributed by atoms with Crippen LogP contribution in [0.5, 0.6) is 0 Å². The van der Waals surface area contributed by atoms with Gasteiger partial charge in [-0.3, -0.25) is 4.98 Å². The first-order valence-electron chi connectivity index (χ1n) is 5.77. The second kappa shape index (κ2) is 5.75. The van der Waals surface area contributed by atoms with E-state index in [4.69, 9.17) is 0 Å². The van der Waals surface area contributed by atoms with Crippen molar-refractivity contribution in [1.82, 2.24) is 10.3 Å². The molecule has 2 nitrogen and oxygen atoms in total. The van der Waals surface area contributed by atoms with Crippen LogP contribution in [0.25, 0.3) is 0 Å². The van der Waals surface area contributed by atoms with Crippen LogP contribution in [0.15, 0.2) is 34.9 Å². The summed E-state index contributed by atoms with van der Waals surface area (Å²) in [6.45, 7) is 1.86. The molecule has 1 unspecified atom stereocenters. The summed E-state index contributed by atoms with van der Waals surface area (Å²) in [7, 11) is 1.66. The van der Waals surface area contributed by atoms with Gasteiger partial charge in [0.25, 0.3) is 0 Å². The monoisotopic (exact) mass is 326 g/mol. The highest BCUT2D eigenvalue weighted by molar-refractivity contribution is 9.10. The predicted molar refractivity (Wildman–Crippen MR) is 73.9 cm³/mol. The molecule has 0 saturated carbocycles. The molecule has 0 amide bonds. The van der Waals surface area contributed by atoms with Crippen molar-refractivity contribution in [2.45, 2.75) is 13.0 Å². The second-order valence-corrected chi connectivity index (χ2v) is 5.15. The van der Waals surface area contributed by atoms with E-state index in [2.05, 4.69) is 26.2 Å². The molecule has 1 atom stereocenters. The van der Waals surface area contributed by atoms with E-state index in [1.54, 1.807) is 13.2 Å². The number of aromatic nitrogens is 1. The highest BCUT2D eigenvalue weighted by Crippen LogP contribution is 2.28. The Balaban J connectivity index is 2.51. The van der Waals surface area contributed by atoms with Gasteiger partial charge in [0.05, 0.1) is 6.04 Å². The predicted octanol–water partition coefficient (Wildman–Crippen LogP) is 3.74. The van der Waals surface area contributed by atoms with E-state index in [0.717, 1.165) is 5.69 Å². The molecule has 0 aliphatic carbocycles. The third-order valence-corrected chi connectivity index (χ3v) is 3.35. The van der Waals surface area contributed by atoms with Gasteiger partial charge in [-0.15, -0.1) is 0 Å². The van der Waals surface area contributed by atoms with E-state index in [1.165, 1.54) is 12.1 Å². The summed E-state index contributed by atoms with van der Waals surface area (Å²) in [5.41, 5.74) is 1.57. The van der Waals surface area contributed by atoms with Gasteiger partial charge in [0.1, 0.15) is 11.6 Å². The average Bonchev–Trinajstić information content (AvgIpc) is 2.35. The molecule has 1 aromatic carbocycles. The van der Waals surface area contributed by atoms with Crippen molar-refractivity contribution < 1.29 is 8.78 Å². The molecule has 0 spiro atoms. The summed E-state index contributed by atoms with van der Waals surface area (Å²) >= 11 is 3.07. The number of hydrogen-bond donors (Lipinski definition) is 1. The van der Waals surface area contributed by atoms with Crippen molar-refractivity contribution >= 4 is 15.9 Å². The van der Waals surface area contributed by atoms with E-state index >= 15 is 0 Å². The Bertz CT molecular complexity index is 561. The molecule has 1 aromatic heterocycles. The molecule has 0 bridgehead atoms. The number of aryl methyl sites for hydroxylation is 1. The molecule has 0 fully saturated rings. The number of nitrogens with one attached hydrogen (secondary N) is 1. The molecule has 0 saturated heterocycles. The van der Waals surface area contributed by atoms with Crippen LogP contribution in [0.4, 0.5) is 8.78 Å². The molecule has 2 aromatic rings. The van der Waals surface area contributed by atoms with Crippen molar-refractivity contribution in [3.63, 3.8) is 0 Å². The van der Waals surface area contributed by atoms with Crippen molar-refractivity contribution in [2.24, 2.45) is 0 Å². The van der Waals surface area contributed by atoms with Crippen LogP contribution in [-0.2, 0) is 0 Å². The Morgan fingerprint density at radius 2 is 1.84 bits per heavy atom. The largest absolute Gasteiger partial charge is 0.309 e. The lowest BCUT2D eigenvalue weighted by Crippen LogP contribution is -2.20. The maximum absolute atomic E-state index is 14.0. The Kier molecular flexibility index (Phi) is 4.27. The van der Waals surface area contributed by atoms with E-state index in [9.17, 15) is 8.78 Å². The summed E-state index contributed by atoms with van der Waals surface area (Å²) < 4.78 is 28.3. The minimum atomic E-state index is -0.591. The summed E-state index contributed by atoms with van der Waals surface area (Å²) in [6, 6.07) is 5.56. The minimum absolute atomic E-state index is 0.00338. The van der Waals surface area contributed by atoms with Crippen LogP contribution in [-0.4, -0.2) is 12.0 Å². The fourth-order valence-corrected chi connectivity index (χ4v) is 2.36. The van der Waals surface area contributed by atoms with E-state index < -0.39 is 17.7 Å². The molecule has 100 valence electrons. The van der Waals surface area contributed by atoms with E-state index in [-0.39, 0.29) is 5.56 Å². The minimum Gasteiger partial charge on any atom is -0.309 e. The first kappa shape index (κ1) is 14.1. The van der Waals surface area contributed by atoms with E-state index in [0.29, 0.717) is 10.0 Å². The Morgan fingerprint density at radius 1 is 1.21 bits per heavy atom. The molecule has 0 aliphatic heterocycles. The quantitative estimate of drug-likeness (QED) is 0.929. The van der Waals surface area contributed by atoms with E-state index in [1.807, 2.05) is 19.1 Å². The molecule has 19 heavy (non-hydrogen) atoms. The molecule has 0 aliphatic rings. The lowest BCUT2D eigenvalue weighted by atomic mass is 9.99. The fourth-order valence-electron chi connectivity index (χ4n) is 1.96. The van der Waals surface area contributed by atoms with Crippen LogP contribution in [0.3, 0.4) is 0 Å². The van der Waals surface area contributed by atoms with Crippen LogP contribution in [0.1, 0.15) is 22.9 Å². The Morgan fingerprint density at radius 3 is 2.32 bits per heavy atom. The van der Waals surface area contributed by atoms with Crippen molar-refractivity contribution in [3.8, 4) is 0 Å². The first-order chi connectivity index (χ1) is 9.02. The lowest BCUT2D eigenvalue weighted by Gasteiger charge is -2.18. The SMILES string of the molecule is CNC(c1ccc(C)nc1)c1c(F)cc(Br)cc1F. The topological polar surface area (TPSA) is 24.9 Å². The lowest BCUT2D eigenvalue weighted by molar-refractivity contribution is 0.520. The zero-order valence-electron chi connectivity index (χ0n) is 10.5. The number of benzene rings is 1. The molecule has 2 rings (SSSR count). The Labute approximate surface area is 119 Å². The number of hydrogen-bond acceptors (Lipinski definition) is 2. The van der Waals surface area contributed by atoms with Gasteiger partial charge in [-0.25, -0.2) is 8.78 Å². The number of nitrogens with zero attached hydrogens (tertiary/aromatic N) is 1. The maximum atomic E-state index is 14.0. The molecular weight excluding hydrogens is 314 g/mol. The summed E-state index contributed by atoms with van der Waals surface area (Å²) in [4.78, 5) is 4.16. The van der Waals surface area contributed by atoms with Gasteiger partial charge in [0, 0.05) is 21.9 Å². The molecule has 5 heteroatoms. The highest BCUT2D eigenvalue weighted by Gasteiger charge is 2.21.